The summed E-state index contributed by atoms with van der Waals surface area (Å²) < 4.78 is 11.3. The summed E-state index contributed by atoms with van der Waals surface area (Å²) in [5.41, 5.74) is 0. The molecule has 9 heteroatoms. The summed E-state index contributed by atoms with van der Waals surface area (Å²) in [4.78, 5) is 13.1. The van der Waals surface area contributed by atoms with Crippen molar-refractivity contribution in [3.05, 3.63) is 158 Å². The number of rotatable bonds is 55. The number of allylic oxidation sites excluding steroid dienone is 25. The Hall–Kier alpha value is -4.19. The van der Waals surface area contributed by atoms with Gasteiger partial charge in [-0.3, -0.25) is 4.79 Å². The van der Waals surface area contributed by atoms with Crippen LogP contribution in [0.1, 0.15) is 245 Å². The van der Waals surface area contributed by atoms with Gasteiger partial charge in [0.05, 0.1) is 25.4 Å². The van der Waals surface area contributed by atoms with Crippen LogP contribution in [0.15, 0.2) is 158 Å². The summed E-state index contributed by atoms with van der Waals surface area (Å²) in [7, 11) is 0. The number of nitrogens with one attached hydrogen (secondary N) is 1. The average Bonchev–Trinajstić information content (AvgIpc) is 3.60. The highest BCUT2D eigenvalue weighted by atomic mass is 16.7. The molecule has 0 aliphatic carbocycles. The Bertz CT molecular complexity index is 1860. The van der Waals surface area contributed by atoms with Crippen molar-refractivity contribution in [1.29, 1.82) is 0 Å². The van der Waals surface area contributed by atoms with Gasteiger partial charge in [0.2, 0.25) is 5.91 Å². The second-order valence-electron chi connectivity index (χ2n) is 22.2. The number of carbonyl (C=O) groups is 1. The Labute approximate surface area is 507 Å². The van der Waals surface area contributed by atoms with E-state index in [-0.39, 0.29) is 12.5 Å². The van der Waals surface area contributed by atoms with E-state index in [4.69, 9.17) is 9.47 Å². The van der Waals surface area contributed by atoms with Crippen molar-refractivity contribution in [3.8, 4) is 0 Å². The molecule has 0 aromatic carbocycles. The van der Waals surface area contributed by atoms with Gasteiger partial charge in [0.1, 0.15) is 24.4 Å². The molecule has 7 unspecified atom stereocenters. The molecule has 0 aromatic rings. The average molecular weight is 1150 g/mol. The molecule has 0 saturated carbocycles. The lowest BCUT2D eigenvalue weighted by Gasteiger charge is -2.40. The fraction of sp³-hybridized carbons (Fsp3) is 0.635. The number of hydrogen-bond acceptors (Lipinski definition) is 8. The number of unbranched alkanes of at least 4 members (excludes halogenated alkanes) is 21. The van der Waals surface area contributed by atoms with Crippen LogP contribution in [-0.4, -0.2) is 87.5 Å². The maximum Gasteiger partial charge on any atom is 0.220 e. The number of ether oxygens (including phenoxy) is 2. The molecule has 470 valence electrons. The first kappa shape index (κ1) is 76.8. The van der Waals surface area contributed by atoms with Crippen molar-refractivity contribution >= 4 is 5.91 Å². The van der Waals surface area contributed by atoms with Crippen LogP contribution in [0.3, 0.4) is 0 Å². The molecule has 0 radical (unpaired) electrons. The van der Waals surface area contributed by atoms with Crippen LogP contribution in [-0.2, 0) is 14.3 Å². The van der Waals surface area contributed by atoms with E-state index in [0.29, 0.717) is 6.42 Å². The molecule has 1 aliphatic rings. The van der Waals surface area contributed by atoms with E-state index in [1.54, 1.807) is 6.08 Å². The van der Waals surface area contributed by atoms with Crippen molar-refractivity contribution in [1.82, 2.24) is 5.32 Å². The number of carbonyl (C=O) groups excluding carboxylic acids is 1. The van der Waals surface area contributed by atoms with E-state index in [1.807, 2.05) is 6.08 Å². The van der Waals surface area contributed by atoms with Crippen LogP contribution >= 0.6 is 0 Å². The minimum absolute atomic E-state index is 0.211. The summed E-state index contributed by atoms with van der Waals surface area (Å²) in [6, 6.07) is -0.850. The monoisotopic (exact) mass is 1150 g/mol. The topological polar surface area (TPSA) is 149 Å². The van der Waals surface area contributed by atoms with Crippen LogP contribution in [0.2, 0.25) is 0 Å². The third-order valence-electron chi connectivity index (χ3n) is 14.6. The molecule has 1 saturated heterocycles. The molecule has 1 amide bonds. The molecule has 7 atom stereocenters. The summed E-state index contributed by atoms with van der Waals surface area (Å²) in [6.45, 7) is 3.64. The van der Waals surface area contributed by atoms with E-state index < -0.39 is 49.5 Å². The highest BCUT2D eigenvalue weighted by Crippen LogP contribution is 2.23. The Kier molecular flexibility index (Phi) is 56.4. The van der Waals surface area contributed by atoms with Gasteiger partial charge in [0.25, 0.3) is 0 Å². The molecular weight excluding hydrogens is 1030 g/mol. The molecular formula is C74H121NO8. The standard InChI is InChI=1S/C74H121NO8/c1-3-5-7-9-11-13-15-17-19-21-23-25-27-28-29-30-31-32-33-34-35-36-37-38-39-40-42-44-46-48-50-52-54-56-58-60-62-64-70(78)75-67(66-82-74-73(81)72(80)71(79)69(65-76)83-74)68(77)63-61-59-57-55-53-51-49-47-45-43-41-26-24-22-20-18-16-14-12-10-8-6-4-2/h5,7,11,13,17,19,23,25,28-29,31-32,34-35,37-38,40,42,45-48,53,55,61,63,67-69,71-74,76-77,79-81H,3-4,6,8-10,12,14-16,18,20-22,24,26-27,30,33,36,39,41,43-44,49-52,54,56-60,62,64-66H2,1-2H3,(H,75,78)/b7-5-,13-11-,19-17-,25-23-,29-28-,32-31-,35-34-,38-37-,42-40-,47-45+,48-46-,55-53+,63-61+. The van der Waals surface area contributed by atoms with Crippen LogP contribution in [0.5, 0.6) is 0 Å². The van der Waals surface area contributed by atoms with Gasteiger partial charge in [-0.25, -0.2) is 0 Å². The van der Waals surface area contributed by atoms with Gasteiger partial charge in [-0.2, -0.15) is 0 Å². The van der Waals surface area contributed by atoms with Gasteiger partial charge in [-0.15, -0.1) is 0 Å². The predicted octanol–water partition coefficient (Wildman–Crippen LogP) is 18.0. The number of aliphatic hydroxyl groups is 5. The summed E-state index contributed by atoms with van der Waals surface area (Å²) >= 11 is 0. The molecule has 1 heterocycles. The van der Waals surface area contributed by atoms with E-state index in [1.165, 1.54) is 83.5 Å². The molecule has 0 aromatic heterocycles. The fourth-order valence-corrected chi connectivity index (χ4v) is 9.39. The van der Waals surface area contributed by atoms with Gasteiger partial charge in [0, 0.05) is 6.42 Å². The van der Waals surface area contributed by atoms with Gasteiger partial charge >= 0.3 is 0 Å². The lowest BCUT2D eigenvalue weighted by atomic mass is 9.99. The zero-order valence-corrected chi connectivity index (χ0v) is 52.4. The number of aliphatic hydroxyl groups excluding tert-OH is 5. The van der Waals surface area contributed by atoms with E-state index in [0.717, 1.165) is 141 Å². The van der Waals surface area contributed by atoms with Gasteiger partial charge < -0.3 is 40.3 Å². The van der Waals surface area contributed by atoms with Gasteiger partial charge in [-0.1, -0.05) is 275 Å². The van der Waals surface area contributed by atoms with Crippen molar-refractivity contribution in [2.75, 3.05) is 13.2 Å². The van der Waals surface area contributed by atoms with E-state index >= 15 is 0 Å². The molecule has 1 rings (SSSR count). The normalized spacial score (nSPS) is 19.3. The Morgan fingerprint density at radius 1 is 0.422 bits per heavy atom. The zero-order chi connectivity index (χ0) is 60.0. The fourth-order valence-electron chi connectivity index (χ4n) is 9.39. The first-order valence-corrected chi connectivity index (χ1v) is 33.2. The smallest absolute Gasteiger partial charge is 0.220 e. The van der Waals surface area contributed by atoms with Crippen molar-refractivity contribution in [2.24, 2.45) is 0 Å². The van der Waals surface area contributed by atoms with Crippen LogP contribution in [0.25, 0.3) is 0 Å². The SMILES string of the molecule is CC/C=C\C/C=C\C/C=C\C/C=C\C/C=C\C/C=C\C/C=C\C/C=C\C/C=C\C/C=C\CCCCCCCCC(=O)NC(COC1OC(CO)C(O)C(O)C1O)C(O)/C=C/CC/C=C/CC/C=C/CCCCCCCCCCCCCCC. The lowest BCUT2D eigenvalue weighted by Crippen LogP contribution is -2.60. The van der Waals surface area contributed by atoms with E-state index in [9.17, 15) is 30.3 Å². The van der Waals surface area contributed by atoms with Crippen LogP contribution < -0.4 is 5.32 Å². The summed E-state index contributed by atoms with van der Waals surface area (Å²) in [5.74, 6) is -0.211. The summed E-state index contributed by atoms with van der Waals surface area (Å²) in [5, 5.41) is 54.6. The van der Waals surface area contributed by atoms with Gasteiger partial charge in [-0.05, 0) is 122 Å². The quantitative estimate of drug-likeness (QED) is 0.0261. The zero-order valence-electron chi connectivity index (χ0n) is 52.4. The molecule has 0 spiro atoms. The Morgan fingerprint density at radius 3 is 1.16 bits per heavy atom. The second kappa shape index (κ2) is 60.9. The Balaban J connectivity index is 2.23. The van der Waals surface area contributed by atoms with Gasteiger partial charge in [0.15, 0.2) is 6.29 Å². The van der Waals surface area contributed by atoms with Crippen molar-refractivity contribution in [3.63, 3.8) is 0 Å². The third kappa shape index (κ3) is 49.7. The predicted molar refractivity (Wildman–Crippen MR) is 354 cm³/mol. The minimum atomic E-state index is -1.59. The molecule has 6 N–H and O–H groups in total. The van der Waals surface area contributed by atoms with Crippen molar-refractivity contribution < 1.29 is 39.8 Å². The summed E-state index contributed by atoms with van der Waals surface area (Å²) in [6.07, 6.45) is 88.9. The van der Waals surface area contributed by atoms with E-state index in [2.05, 4.69) is 165 Å². The molecule has 9 nitrogen and oxygen atoms in total. The van der Waals surface area contributed by atoms with Crippen molar-refractivity contribution in [2.45, 2.75) is 288 Å². The first-order valence-electron chi connectivity index (χ1n) is 33.2. The largest absolute Gasteiger partial charge is 0.394 e. The third-order valence-corrected chi connectivity index (χ3v) is 14.6. The number of amides is 1. The van der Waals surface area contributed by atoms with Crippen LogP contribution in [0, 0.1) is 0 Å². The maximum absolute atomic E-state index is 13.1. The highest BCUT2D eigenvalue weighted by Gasteiger charge is 2.44. The van der Waals surface area contributed by atoms with Crippen LogP contribution in [0.4, 0.5) is 0 Å². The first-order chi connectivity index (χ1) is 40.8. The second-order valence-corrected chi connectivity index (χ2v) is 22.2. The minimum Gasteiger partial charge on any atom is -0.394 e. The molecule has 1 fully saturated rings. The molecule has 0 bridgehead atoms. The molecule has 83 heavy (non-hydrogen) atoms. The Morgan fingerprint density at radius 2 is 0.759 bits per heavy atom. The lowest BCUT2D eigenvalue weighted by molar-refractivity contribution is -0.302. The highest BCUT2D eigenvalue weighted by molar-refractivity contribution is 5.76. The number of hydrogen-bond donors (Lipinski definition) is 6. The maximum atomic E-state index is 13.1. The molecule has 1 aliphatic heterocycles.